The summed E-state index contributed by atoms with van der Waals surface area (Å²) >= 11 is 0. The van der Waals surface area contributed by atoms with Crippen LogP contribution in [-0.4, -0.2) is 41.2 Å². The van der Waals surface area contributed by atoms with Crippen molar-refractivity contribution in [1.82, 2.24) is 4.98 Å². The maximum Gasteiger partial charge on any atom is 0.433 e. The number of carbonyl (C=O) groups excluding carboxylic acids is 1. The quantitative estimate of drug-likeness (QED) is 0.725. The van der Waals surface area contributed by atoms with Crippen molar-refractivity contribution < 1.29 is 32.6 Å². The van der Waals surface area contributed by atoms with Gasteiger partial charge in [-0.25, -0.2) is 4.98 Å². The van der Waals surface area contributed by atoms with Gasteiger partial charge in [0.15, 0.2) is 0 Å². The average molecular weight is 419 g/mol. The number of hydrogen-bond donors (Lipinski definition) is 2. The van der Waals surface area contributed by atoms with Crippen LogP contribution >= 0.6 is 0 Å². The van der Waals surface area contributed by atoms with Crippen molar-refractivity contribution >= 4 is 17.8 Å². The molecular formula is C19H28F3N3O4. The Morgan fingerprint density at radius 3 is 2.17 bits per heavy atom. The van der Waals surface area contributed by atoms with Crippen molar-refractivity contribution in [1.29, 1.82) is 0 Å². The van der Waals surface area contributed by atoms with Gasteiger partial charge in [0.2, 0.25) is 0 Å². The van der Waals surface area contributed by atoms with Gasteiger partial charge in [-0.15, -0.1) is 0 Å². The summed E-state index contributed by atoms with van der Waals surface area (Å²) in [5.41, 5.74) is 4.70. The molecule has 0 aromatic carbocycles. The lowest BCUT2D eigenvalue weighted by molar-refractivity contribution is -0.159. The molecule has 0 amide bonds. The Balaban J connectivity index is 0.000000960. The van der Waals surface area contributed by atoms with Gasteiger partial charge in [0.1, 0.15) is 17.6 Å². The Morgan fingerprint density at radius 1 is 1.24 bits per heavy atom. The number of carboxylic acids is 1. The molecule has 2 heterocycles. The van der Waals surface area contributed by atoms with E-state index in [0.29, 0.717) is 31.5 Å². The molecule has 0 spiro atoms. The maximum atomic E-state index is 12.9. The number of ether oxygens (including phenoxy) is 1. The van der Waals surface area contributed by atoms with Crippen LogP contribution in [0.15, 0.2) is 12.1 Å². The number of rotatable bonds is 3. The zero-order chi connectivity index (χ0) is 22.4. The number of nitrogens with two attached hydrogens (primary N) is 1. The van der Waals surface area contributed by atoms with E-state index in [1.807, 2.05) is 0 Å². The number of anilines is 1. The molecule has 1 aliphatic heterocycles. The second-order valence-corrected chi connectivity index (χ2v) is 7.74. The van der Waals surface area contributed by atoms with E-state index >= 15 is 0 Å². The van der Waals surface area contributed by atoms with E-state index in [4.69, 9.17) is 20.4 Å². The minimum absolute atomic E-state index is 0.111. The molecule has 1 fully saturated rings. The number of carboxylic acid groups (broad SMARTS) is 1. The van der Waals surface area contributed by atoms with Crippen LogP contribution in [-0.2, 0) is 27.0 Å². The van der Waals surface area contributed by atoms with Crippen molar-refractivity contribution in [2.45, 2.75) is 59.4 Å². The molecule has 0 atom stereocenters. The fourth-order valence-electron chi connectivity index (χ4n) is 2.58. The highest BCUT2D eigenvalue weighted by atomic mass is 19.4. The molecule has 0 saturated carbocycles. The van der Waals surface area contributed by atoms with Gasteiger partial charge in [-0.2, -0.15) is 13.2 Å². The van der Waals surface area contributed by atoms with Crippen LogP contribution in [0.4, 0.5) is 19.0 Å². The summed E-state index contributed by atoms with van der Waals surface area (Å²) in [6.07, 6.45) is -3.63. The molecule has 1 aromatic rings. The van der Waals surface area contributed by atoms with Gasteiger partial charge in [-0.05, 0) is 26.8 Å². The van der Waals surface area contributed by atoms with Crippen molar-refractivity contribution in [2.75, 3.05) is 18.0 Å². The van der Waals surface area contributed by atoms with E-state index in [1.54, 1.807) is 25.7 Å². The first-order chi connectivity index (χ1) is 13.3. The maximum absolute atomic E-state index is 12.9. The topological polar surface area (TPSA) is 106 Å². The molecule has 0 aliphatic carbocycles. The number of esters is 1. The molecule has 3 N–H and O–H groups in total. The SMILES string of the molecule is CC(=O)O.CC(C)(C)C(=O)OC1CCN(c2nc(C(F)(F)F)ccc2CN)CC1. The van der Waals surface area contributed by atoms with Gasteiger partial charge in [-0.1, -0.05) is 6.07 Å². The van der Waals surface area contributed by atoms with Gasteiger partial charge in [-0.3, -0.25) is 9.59 Å². The molecule has 29 heavy (non-hydrogen) atoms. The van der Waals surface area contributed by atoms with Gasteiger partial charge in [0.25, 0.3) is 5.97 Å². The summed E-state index contributed by atoms with van der Waals surface area (Å²) in [5, 5.41) is 7.42. The molecule has 0 bridgehead atoms. The van der Waals surface area contributed by atoms with Crippen molar-refractivity contribution in [3.05, 3.63) is 23.4 Å². The second-order valence-electron chi connectivity index (χ2n) is 7.74. The Kier molecular flexibility index (Phi) is 8.43. The zero-order valence-corrected chi connectivity index (χ0v) is 17.0. The van der Waals surface area contributed by atoms with E-state index in [-0.39, 0.29) is 24.4 Å². The molecule has 164 valence electrons. The van der Waals surface area contributed by atoms with Gasteiger partial charge in [0, 0.05) is 45.0 Å². The van der Waals surface area contributed by atoms with Crippen LogP contribution in [0.1, 0.15) is 51.8 Å². The van der Waals surface area contributed by atoms with Crippen LogP contribution in [0.5, 0.6) is 0 Å². The predicted octanol–water partition coefficient (Wildman–Crippen LogP) is 3.21. The number of aromatic nitrogens is 1. The fourth-order valence-corrected chi connectivity index (χ4v) is 2.58. The number of halogens is 3. The largest absolute Gasteiger partial charge is 0.481 e. The third-order valence-electron chi connectivity index (χ3n) is 4.09. The second kappa shape index (κ2) is 9.91. The number of carbonyl (C=O) groups is 2. The van der Waals surface area contributed by atoms with Gasteiger partial charge >= 0.3 is 12.1 Å². The molecule has 0 radical (unpaired) electrons. The van der Waals surface area contributed by atoms with Crippen LogP contribution in [0.3, 0.4) is 0 Å². The van der Waals surface area contributed by atoms with E-state index in [1.165, 1.54) is 6.07 Å². The molecule has 10 heteroatoms. The molecule has 1 aromatic heterocycles. The Morgan fingerprint density at radius 2 is 1.76 bits per heavy atom. The van der Waals surface area contributed by atoms with Crippen LogP contribution in [0.2, 0.25) is 0 Å². The molecule has 1 saturated heterocycles. The van der Waals surface area contributed by atoms with E-state index < -0.39 is 23.3 Å². The Hall–Kier alpha value is -2.36. The van der Waals surface area contributed by atoms with E-state index in [2.05, 4.69) is 4.98 Å². The first-order valence-electron chi connectivity index (χ1n) is 9.18. The van der Waals surface area contributed by atoms with Crippen LogP contribution in [0.25, 0.3) is 0 Å². The highest BCUT2D eigenvalue weighted by molar-refractivity contribution is 5.75. The molecule has 0 unspecified atom stereocenters. The summed E-state index contributed by atoms with van der Waals surface area (Å²) in [5.74, 6) is -0.844. The van der Waals surface area contributed by atoms with E-state index in [9.17, 15) is 18.0 Å². The number of aliphatic carboxylic acids is 1. The summed E-state index contributed by atoms with van der Waals surface area (Å²) in [6, 6.07) is 2.32. The average Bonchev–Trinajstić information content (AvgIpc) is 2.59. The van der Waals surface area contributed by atoms with Crippen molar-refractivity contribution in [2.24, 2.45) is 11.1 Å². The summed E-state index contributed by atoms with van der Waals surface area (Å²) < 4.78 is 44.2. The van der Waals surface area contributed by atoms with E-state index in [0.717, 1.165) is 13.0 Å². The monoisotopic (exact) mass is 419 g/mol. The highest BCUT2D eigenvalue weighted by Crippen LogP contribution is 2.32. The number of alkyl halides is 3. The summed E-state index contributed by atoms with van der Waals surface area (Å²) in [6.45, 7) is 7.46. The lowest BCUT2D eigenvalue weighted by Crippen LogP contribution is -2.40. The normalized spacial score (nSPS) is 15.4. The first kappa shape index (κ1) is 24.7. The number of hydrogen-bond acceptors (Lipinski definition) is 6. The third kappa shape index (κ3) is 7.88. The minimum Gasteiger partial charge on any atom is -0.481 e. The summed E-state index contributed by atoms with van der Waals surface area (Å²) in [4.78, 5) is 26.5. The van der Waals surface area contributed by atoms with Crippen LogP contribution in [0, 0.1) is 5.41 Å². The lowest BCUT2D eigenvalue weighted by Gasteiger charge is -2.34. The molecular weight excluding hydrogens is 391 g/mol. The van der Waals surface area contributed by atoms with Crippen molar-refractivity contribution in [3.8, 4) is 0 Å². The number of piperidine rings is 1. The Labute approximate surface area is 168 Å². The first-order valence-corrected chi connectivity index (χ1v) is 9.18. The third-order valence-corrected chi connectivity index (χ3v) is 4.09. The number of nitrogens with zero attached hydrogens (tertiary/aromatic N) is 2. The standard InChI is InChI=1S/C17H24F3N3O2.C2H4O2/c1-16(2,3)15(24)25-12-6-8-23(9-7-12)14-11(10-21)4-5-13(22-14)17(18,19)20;1-2(3)4/h4-5,12H,6-10,21H2,1-3H3;1H3,(H,3,4). The van der Waals surface area contributed by atoms with Gasteiger partial charge in [0.05, 0.1) is 5.41 Å². The number of pyridine rings is 1. The fraction of sp³-hybridized carbons (Fsp3) is 0.632. The lowest BCUT2D eigenvalue weighted by atomic mass is 9.97. The predicted molar refractivity (Wildman–Crippen MR) is 101 cm³/mol. The zero-order valence-electron chi connectivity index (χ0n) is 17.0. The van der Waals surface area contributed by atoms with Crippen molar-refractivity contribution in [3.63, 3.8) is 0 Å². The smallest absolute Gasteiger partial charge is 0.433 e. The highest BCUT2D eigenvalue weighted by Gasteiger charge is 2.34. The van der Waals surface area contributed by atoms with Crippen LogP contribution < -0.4 is 10.6 Å². The molecule has 1 aliphatic rings. The Bertz CT molecular complexity index is 706. The summed E-state index contributed by atoms with van der Waals surface area (Å²) in [7, 11) is 0. The molecule has 7 nitrogen and oxygen atoms in total. The minimum atomic E-state index is -4.50. The van der Waals surface area contributed by atoms with Gasteiger partial charge < -0.3 is 20.5 Å². The molecule has 2 rings (SSSR count).